The minimum Gasteiger partial charge on any atom is -0.370 e. The predicted molar refractivity (Wildman–Crippen MR) is 138 cm³/mol. The maximum Gasteiger partial charge on any atom is 0.241 e. The number of sulfonamides is 1. The molecular weight excluding hydrogens is 520 g/mol. The molecule has 0 bridgehead atoms. The Kier molecular flexibility index (Phi) is 10.0. The second-order valence-corrected chi connectivity index (χ2v) is 11.2. The summed E-state index contributed by atoms with van der Waals surface area (Å²) < 4.78 is 27.4. The minimum absolute atomic E-state index is 0.0677. The van der Waals surface area contributed by atoms with E-state index in [1.165, 1.54) is 11.1 Å². The smallest absolute Gasteiger partial charge is 0.241 e. The first-order valence-corrected chi connectivity index (χ1v) is 14.1. The molecular formula is C22H30N8O5S2. The van der Waals surface area contributed by atoms with Crippen LogP contribution in [0.3, 0.4) is 0 Å². The molecule has 0 spiro atoms. The Morgan fingerprint density at radius 2 is 2.00 bits per heavy atom. The molecule has 13 nitrogen and oxygen atoms in total. The van der Waals surface area contributed by atoms with Gasteiger partial charge in [0, 0.05) is 37.1 Å². The summed E-state index contributed by atoms with van der Waals surface area (Å²) >= 11 is 1.16. The van der Waals surface area contributed by atoms with Crippen molar-refractivity contribution in [3.63, 3.8) is 0 Å². The predicted octanol–water partition coefficient (Wildman–Crippen LogP) is -0.978. The molecule has 6 N–H and O–H groups in total. The van der Waals surface area contributed by atoms with Gasteiger partial charge in [-0.25, -0.2) is 18.1 Å². The summed E-state index contributed by atoms with van der Waals surface area (Å²) in [4.78, 5) is 51.4. The number of ketones is 1. The molecule has 1 saturated heterocycles. The molecule has 1 fully saturated rings. The van der Waals surface area contributed by atoms with Crippen molar-refractivity contribution >= 4 is 44.9 Å². The number of nitrogens with two attached hydrogens (primary N) is 2. The second-order valence-electron chi connectivity index (χ2n) is 8.41. The number of nitrogens with zero attached hydrogens (tertiary/aromatic N) is 4. The zero-order valence-electron chi connectivity index (χ0n) is 20.1. The summed E-state index contributed by atoms with van der Waals surface area (Å²) in [7, 11) is -3.72. The van der Waals surface area contributed by atoms with Crippen LogP contribution < -0.4 is 21.5 Å². The fourth-order valence-corrected chi connectivity index (χ4v) is 5.67. The number of carbonyl (C=O) groups is 3. The highest BCUT2D eigenvalue weighted by molar-refractivity contribution is 7.89. The van der Waals surface area contributed by atoms with Crippen molar-refractivity contribution in [2.24, 2.45) is 16.5 Å². The van der Waals surface area contributed by atoms with E-state index in [4.69, 9.17) is 11.5 Å². The number of nitrogens with one attached hydrogen (secondary N) is 2. The Bertz CT molecular complexity index is 1200. The van der Waals surface area contributed by atoms with Gasteiger partial charge < -0.3 is 21.7 Å². The normalized spacial score (nSPS) is 16.4. The van der Waals surface area contributed by atoms with Crippen molar-refractivity contribution in [1.82, 2.24) is 24.9 Å². The maximum atomic E-state index is 12.8. The largest absolute Gasteiger partial charge is 0.370 e. The van der Waals surface area contributed by atoms with Gasteiger partial charge in [0.05, 0.1) is 18.3 Å². The molecule has 200 valence electrons. The van der Waals surface area contributed by atoms with Gasteiger partial charge in [-0.05, 0) is 43.4 Å². The molecule has 2 aromatic rings. The molecule has 3 rings (SSSR count). The van der Waals surface area contributed by atoms with Crippen molar-refractivity contribution in [1.29, 1.82) is 0 Å². The number of Topliss-reactive ketones (excluding diaryl/α,β-unsaturated/α-hetero) is 1. The zero-order valence-corrected chi connectivity index (χ0v) is 21.7. The van der Waals surface area contributed by atoms with Gasteiger partial charge >= 0.3 is 0 Å². The first kappa shape index (κ1) is 28.1. The number of hydrogen-bond donors (Lipinski definition) is 4. The third-order valence-corrected chi connectivity index (χ3v) is 7.78. The topological polar surface area (TPSA) is 203 Å². The molecule has 2 atom stereocenters. The highest BCUT2D eigenvalue weighted by Crippen LogP contribution is 2.14. The van der Waals surface area contributed by atoms with Crippen LogP contribution in [0.15, 0.2) is 41.1 Å². The highest BCUT2D eigenvalue weighted by Gasteiger charge is 2.35. The Balaban J connectivity index is 1.53. The van der Waals surface area contributed by atoms with E-state index in [1.807, 2.05) is 0 Å². The van der Waals surface area contributed by atoms with Gasteiger partial charge in [0.15, 0.2) is 11.0 Å². The molecule has 0 aromatic carbocycles. The van der Waals surface area contributed by atoms with E-state index < -0.39 is 33.9 Å². The van der Waals surface area contributed by atoms with Crippen LogP contribution in [0.1, 0.15) is 34.6 Å². The first-order valence-electron chi connectivity index (χ1n) is 11.6. The second kappa shape index (κ2) is 13.2. The van der Waals surface area contributed by atoms with Gasteiger partial charge in [0.25, 0.3) is 0 Å². The number of likely N-dealkylation sites (tertiary alicyclic amines) is 1. The molecule has 0 unspecified atom stereocenters. The Morgan fingerprint density at radius 1 is 1.24 bits per heavy atom. The van der Waals surface area contributed by atoms with Crippen LogP contribution in [0.25, 0.3) is 0 Å². The summed E-state index contributed by atoms with van der Waals surface area (Å²) in [5.74, 6) is -1.62. The maximum absolute atomic E-state index is 12.8. The number of aliphatic imine (C=N–C) groups is 1. The van der Waals surface area contributed by atoms with Gasteiger partial charge in [-0.1, -0.05) is 0 Å². The van der Waals surface area contributed by atoms with E-state index in [9.17, 15) is 22.8 Å². The summed E-state index contributed by atoms with van der Waals surface area (Å²) in [5.41, 5.74) is 11.5. The molecule has 1 aliphatic heterocycles. The lowest BCUT2D eigenvalue weighted by atomic mass is 10.1. The number of rotatable bonds is 14. The van der Waals surface area contributed by atoms with Crippen molar-refractivity contribution in [3.8, 4) is 0 Å². The van der Waals surface area contributed by atoms with Gasteiger partial charge in [0.1, 0.15) is 6.04 Å². The van der Waals surface area contributed by atoms with Gasteiger partial charge in [-0.2, -0.15) is 0 Å². The van der Waals surface area contributed by atoms with Crippen LogP contribution in [0, 0.1) is 0 Å². The van der Waals surface area contributed by atoms with E-state index in [0.717, 1.165) is 16.9 Å². The van der Waals surface area contributed by atoms with Crippen molar-refractivity contribution in [2.75, 3.05) is 25.4 Å². The molecule has 0 radical (unpaired) electrons. The van der Waals surface area contributed by atoms with Crippen molar-refractivity contribution in [2.45, 2.75) is 37.8 Å². The molecule has 37 heavy (non-hydrogen) atoms. The molecule has 15 heteroatoms. The summed E-state index contributed by atoms with van der Waals surface area (Å²) in [6, 6.07) is 1.64. The number of carbonyl (C=O) groups excluding carboxylic acids is 3. The number of thiazole rings is 1. The Labute approximate surface area is 218 Å². The van der Waals surface area contributed by atoms with E-state index in [1.54, 1.807) is 29.9 Å². The fourth-order valence-electron chi connectivity index (χ4n) is 3.76. The van der Waals surface area contributed by atoms with Crippen molar-refractivity contribution in [3.05, 3.63) is 46.7 Å². The highest BCUT2D eigenvalue weighted by atomic mass is 32.2. The Morgan fingerprint density at radius 3 is 2.68 bits per heavy atom. The average Bonchev–Trinajstić information content (AvgIpc) is 3.51. The third kappa shape index (κ3) is 8.87. The van der Waals surface area contributed by atoms with Crippen molar-refractivity contribution < 1.29 is 22.8 Å². The lowest BCUT2D eigenvalue weighted by Gasteiger charge is -2.20. The number of pyridine rings is 1. The number of guanidine groups is 1. The molecule has 2 aromatic heterocycles. The average molecular weight is 551 g/mol. The fraction of sp³-hybridized carbons (Fsp3) is 0.455. The Hall–Kier alpha value is -3.43. The first-order chi connectivity index (χ1) is 17.6. The number of hydrogen-bond acceptors (Lipinski definition) is 9. The lowest BCUT2D eigenvalue weighted by molar-refractivity contribution is -0.134. The van der Waals surface area contributed by atoms with Crippen LogP contribution in [0.2, 0.25) is 0 Å². The minimum atomic E-state index is -3.72. The summed E-state index contributed by atoms with van der Waals surface area (Å²) in [6.07, 6.45) is 5.89. The van der Waals surface area contributed by atoms with Crippen LogP contribution in [-0.4, -0.2) is 84.3 Å². The van der Waals surface area contributed by atoms with E-state index in [2.05, 4.69) is 25.0 Å². The van der Waals surface area contributed by atoms with Crippen LogP contribution in [0.4, 0.5) is 0 Å². The van der Waals surface area contributed by atoms with Gasteiger partial charge in [0.2, 0.25) is 27.6 Å². The molecule has 2 amide bonds. The van der Waals surface area contributed by atoms with Crippen LogP contribution >= 0.6 is 11.3 Å². The number of aryl methyl sites for hydroxylation is 1. The number of aromatic nitrogens is 2. The zero-order chi connectivity index (χ0) is 26.8. The molecule has 0 saturated carbocycles. The van der Waals surface area contributed by atoms with Crippen LogP contribution in [0.5, 0.6) is 0 Å². The quantitative estimate of drug-likeness (QED) is 0.0986. The molecule has 0 aliphatic carbocycles. The van der Waals surface area contributed by atoms with Gasteiger partial charge in [-0.15, -0.1) is 11.3 Å². The monoisotopic (exact) mass is 550 g/mol. The molecule has 3 heterocycles. The lowest BCUT2D eigenvalue weighted by Crippen LogP contribution is -2.48. The van der Waals surface area contributed by atoms with Gasteiger partial charge in [-0.3, -0.25) is 24.4 Å². The SMILES string of the molecule is NC(N)=NCCC[C@H](NC(=O)CN1CC[C@H](NS(=O)(=O)CCc2ccncc2)C1=O)C(=O)c1nccs1. The molecule has 1 aliphatic rings. The van der Waals surface area contributed by atoms with E-state index in [-0.39, 0.29) is 61.4 Å². The summed E-state index contributed by atoms with van der Waals surface area (Å²) in [5, 5.41) is 4.59. The standard InChI is InChI=1S/C22H30N8O5S2/c23-22(24)27-7-1-2-16(19(32)20-26-10-12-36-20)28-18(31)14-30-11-5-17(21(30)33)29-37(34,35)13-6-15-3-8-25-9-4-15/h3-4,8-10,12,16-17,29H,1-2,5-7,11,13-14H2,(H,28,31)(H4,23,24,27)/t16-,17-/m0/s1. The van der Waals surface area contributed by atoms with Crippen LogP contribution in [-0.2, 0) is 26.0 Å². The number of amides is 2. The third-order valence-electron chi connectivity index (χ3n) is 5.60. The van der Waals surface area contributed by atoms with E-state index >= 15 is 0 Å². The van der Waals surface area contributed by atoms with E-state index in [0.29, 0.717) is 6.42 Å². The summed E-state index contributed by atoms with van der Waals surface area (Å²) in [6.45, 7) is 0.191.